The number of hydrogen-bond acceptors (Lipinski definition) is 5. The summed E-state index contributed by atoms with van der Waals surface area (Å²) in [5, 5.41) is 2.67. The van der Waals surface area contributed by atoms with Crippen molar-refractivity contribution in [1.82, 2.24) is 10.2 Å². The van der Waals surface area contributed by atoms with Gasteiger partial charge in [-0.15, -0.1) is 0 Å². The molecule has 0 radical (unpaired) electrons. The van der Waals surface area contributed by atoms with Crippen molar-refractivity contribution in [1.29, 1.82) is 0 Å². The second kappa shape index (κ2) is 8.07. The molecule has 0 aliphatic carbocycles. The van der Waals surface area contributed by atoms with Crippen LogP contribution in [0.3, 0.4) is 0 Å². The van der Waals surface area contributed by atoms with Crippen molar-refractivity contribution in [3.8, 4) is 0 Å². The van der Waals surface area contributed by atoms with Gasteiger partial charge in [0.15, 0.2) is 11.5 Å². The molecule has 27 heavy (non-hydrogen) atoms. The Kier molecular flexibility index (Phi) is 5.59. The number of nitrogens with one attached hydrogen (secondary N) is 1. The van der Waals surface area contributed by atoms with Gasteiger partial charge in [0, 0.05) is 37.4 Å². The van der Waals surface area contributed by atoms with E-state index in [-0.39, 0.29) is 17.5 Å². The van der Waals surface area contributed by atoms with Crippen LogP contribution in [0.5, 0.6) is 0 Å². The lowest BCUT2D eigenvalue weighted by Gasteiger charge is -2.37. The van der Waals surface area contributed by atoms with Gasteiger partial charge in [0.05, 0.1) is 6.26 Å². The van der Waals surface area contributed by atoms with Crippen molar-refractivity contribution in [2.24, 2.45) is 0 Å². The summed E-state index contributed by atoms with van der Waals surface area (Å²) in [7, 11) is 0. The zero-order valence-electron chi connectivity index (χ0n) is 15.5. The van der Waals surface area contributed by atoms with Gasteiger partial charge in [0.1, 0.15) is 6.04 Å². The summed E-state index contributed by atoms with van der Waals surface area (Å²) in [6, 6.07) is 10.1. The minimum Gasteiger partial charge on any atom is -0.459 e. The first kappa shape index (κ1) is 18.7. The van der Waals surface area contributed by atoms with E-state index in [1.807, 2.05) is 24.3 Å². The van der Waals surface area contributed by atoms with Gasteiger partial charge in [0.2, 0.25) is 5.91 Å². The molecule has 0 saturated carbocycles. The van der Waals surface area contributed by atoms with E-state index >= 15 is 0 Å². The Morgan fingerprint density at radius 1 is 1.04 bits per heavy atom. The zero-order chi connectivity index (χ0) is 19.4. The van der Waals surface area contributed by atoms with E-state index in [0.717, 1.165) is 5.69 Å². The van der Waals surface area contributed by atoms with Crippen molar-refractivity contribution in [2.45, 2.75) is 19.9 Å². The van der Waals surface area contributed by atoms with Crippen LogP contribution in [0.2, 0.25) is 0 Å². The molecule has 1 saturated heterocycles. The van der Waals surface area contributed by atoms with Gasteiger partial charge < -0.3 is 19.5 Å². The third-order valence-corrected chi connectivity index (χ3v) is 4.69. The Morgan fingerprint density at radius 2 is 1.70 bits per heavy atom. The van der Waals surface area contributed by atoms with Gasteiger partial charge in [-0.3, -0.25) is 14.4 Å². The highest BCUT2D eigenvalue weighted by Gasteiger charge is 2.26. The quantitative estimate of drug-likeness (QED) is 0.815. The summed E-state index contributed by atoms with van der Waals surface area (Å²) in [5.74, 6) is -0.275. The van der Waals surface area contributed by atoms with Crippen LogP contribution in [0.15, 0.2) is 47.1 Å². The number of benzene rings is 1. The minimum atomic E-state index is -0.621. The van der Waals surface area contributed by atoms with Crippen molar-refractivity contribution in [3.05, 3.63) is 54.0 Å². The molecule has 1 aromatic heterocycles. The molecule has 1 aliphatic rings. The van der Waals surface area contributed by atoms with Gasteiger partial charge in [-0.05, 0) is 50.2 Å². The molecule has 142 valence electrons. The number of anilines is 1. The average Bonchev–Trinajstić information content (AvgIpc) is 3.22. The molecule has 0 bridgehead atoms. The van der Waals surface area contributed by atoms with E-state index in [1.165, 1.54) is 6.26 Å². The van der Waals surface area contributed by atoms with Gasteiger partial charge in [-0.1, -0.05) is 0 Å². The molecular weight excluding hydrogens is 346 g/mol. The maximum absolute atomic E-state index is 12.6. The topological polar surface area (TPSA) is 82.9 Å². The summed E-state index contributed by atoms with van der Waals surface area (Å²) < 4.78 is 5.04. The molecule has 1 atom stereocenters. The summed E-state index contributed by atoms with van der Waals surface area (Å²) in [5.41, 5.74) is 1.72. The lowest BCUT2D eigenvalue weighted by molar-refractivity contribution is -0.133. The monoisotopic (exact) mass is 369 g/mol. The van der Waals surface area contributed by atoms with Crippen molar-refractivity contribution < 1.29 is 18.8 Å². The van der Waals surface area contributed by atoms with E-state index in [2.05, 4.69) is 10.2 Å². The normalized spacial score (nSPS) is 15.3. The summed E-state index contributed by atoms with van der Waals surface area (Å²) >= 11 is 0. The van der Waals surface area contributed by atoms with Crippen LogP contribution in [0, 0.1) is 0 Å². The van der Waals surface area contributed by atoms with Crippen LogP contribution < -0.4 is 10.2 Å². The molecule has 2 amide bonds. The molecule has 7 heteroatoms. The Hall–Kier alpha value is -3.09. The minimum absolute atomic E-state index is 0.0440. The fraction of sp³-hybridized carbons (Fsp3) is 0.350. The predicted octanol–water partition coefficient (Wildman–Crippen LogP) is 1.95. The van der Waals surface area contributed by atoms with Gasteiger partial charge in [-0.25, -0.2) is 0 Å². The Morgan fingerprint density at radius 3 is 2.26 bits per heavy atom. The Labute approximate surface area is 157 Å². The first-order valence-electron chi connectivity index (χ1n) is 8.95. The van der Waals surface area contributed by atoms with Crippen molar-refractivity contribution >= 4 is 23.3 Å². The summed E-state index contributed by atoms with van der Waals surface area (Å²) in [6.45, 7) is 5.78. The second-order valence-corrected chi connectivity index (χ2v) is 6.59. The van der Waals surface area contributed by atoms with E-state index in [1.54, 1.807) is 30.9 Å². The molecular formula is C20H23N3O4. The van der Waals surface area contributed by atoms with E-state index in [9.17, 15) is 14.4 Å². The van der Waals surface area contributed by atoms with E-state index in [0.29, 0.717) is 31.7 Å². The molecule has 1 aliphatic heterocycles. The first-order valence-corrected chi connectivity index (χ1v) is 8.95. The highest BCUT2D eigenvalue weighted by atomic mass is 16.3. The van der Waals surface area contributed by atoms with Crippen LogP contribution in [0.1, 0.15) is 34.8 Å². The summed E-state index contributed by atoms with van der Waals surface area (Å²) in [6.07, 6.45) is 1.42. The largest absolute Gasteiger partial charge is 0.459 e. The van der Waals surface area contributed by atoms with Crippen LogP contribution in [0.25, 0.3) is 0 Å². The number of Topliss-reactive ketones (excluding diaryl/α,β-unsaturated/α-hetero) is 1. The number of carbonyl (C=O) groups is 3. The van der Waals surface area contributed by atoms with Crippen LogP contribution >= 0.6 is 0 Å². The zero-order valence-corrected chi connectivity index (χ0v) is 15.5. The van der Waals surface area contributed by atoms with E-state index in [4.69, 9.17) is 4.42 Å². The molecule has 1 fully saturated rings. The SMILES string of the molecule is CC(=O)c1ccc(N2CCN(C(=O)C(C)NC(=O)c3ccco3)CC2)cc1. The smallest absolute Gasteiger partial charge is 0.287 e. The number of rotatable bonds is 5. The molecule has 1 N–H and O–H groups in total. The maximum atomic E-state index is 12.6. The average molecular weight is 369 g/mol. The van der Waals surface area contributed by atoms with Gasteiger partial charge >= 0.3 is 0 Å². The number of hydrogen-bond donors (Lipinski definition) is 1. The number of piperazine rings is 1. The second-order valence-electron chi connectivity index (χ2n) is 6.59. The van der Waals surface area contributed by atoms with Crippen LogP contribution in [-0.2, 0) is 4.79 Å². The Bertz CT molecular complexity index is 806. The third kappa shape index (κ3) is 4.36. The third-order valence-electron chi connectivity index (χ3n) is 4.69. The molecule has 2 aromatic rings. The standard InChI is InChI=1S/C20H23N3O4/c1-14(21-19(25)18-4-3-13-27-18)20(26)23-11-9-22(10-12-23)17-7-5-16(6-8-17)15(2)24/h3-8,13-14H,9-12H2,1-2H3,(H,21,25). The molecule has 2 heterocycles. The molecule has 0 spiro atoms. The molecule has 3 rings (SSSR count). The lowest BCUT2D eigenvalue weighted by atomic mass is 10.1. The molecule has 1 aromatic carbocycles. The molecule has 1 unspecified atom stereocenters. The highest BCUT2D eigenvalue weighted by Crippen LogP contribution is 2.18. The van der Waals surface area contributed by atoms with E-state index < -0.39 is 11.9 Å². The highest BCUT2D eigenvalue weighted by molar-refractivity contribution is 5.95. The number of ketones is 1. The fourth-order valence-electron chi connectivity index (χ4n) is 3.10. The van der Waals surface area contributed by atoms with Crippen LogP contribution in [-0.4, -0.2) is 54.7 Å². The summed E-state index contributed by atoms with van der Waals surface area (Å²) in [4.78, 5) is 39.9. The maximum Gasteiger partial charge on any atom is 0.287 e. The van der Waals surface area contributed by atoms with Crippen molar-refractivity contribution in [2.75, 3.05) is 31.1 Å². The lowest BCUT2D eigenvalue weighted by Crippen LogP contribution is -2.54. The Balaban J connectivity index is 1.52. The van der Waals surface area contributed by atoms with Gasteiger partial charge in [0.25, 0.3) is 5.91 Å². The molecule has 7 nitrogen and oxygen atoms in total. The first-order chi connectivity index (χ1) is 13.0. The number of furan rings is 1. The van der Waals surface area contributed by atoms with Gasteiger partial charge in [-0.2, -0.15) is 0 Å². The number of amides is 2. The fourth-order valence-corrected chi connectivity index (χ4v) is 3.10. The predicted molar refractivity (Wildman–Crippen MR) is 101 cm³/mol. The number of nitrogens with zero attached hydrogens (tertiary/aromatic N) is 2. The number of carbonyl (C=O) groups excluding carboxylic acids is 3. The van der Waals surface area contributed by atoms with Crippen molar-refractivity contribution in [3.63, 3.8) is 0 Å². The van der Waals surface area contributed by atoms with Crippen LogP contribution in [0.4, 0.5) is 5.69 Å².